The Morgan fingerprint density at radius 2 is 1.83 bits per heavy atom. The van der Waals surface area contributed by atoms with Crippen LogP contribution in [0.25, 0.3) is 10.6 Å². The number of aryl methyl sites for hydroxylation is 2. The van der Waals surface area contributed by atoms with E-state index in [1.54, 1.807) is 11.3 Å². The maximum atomic E-state index is 13.2. The number of rotatable bonds is 5. The Kier molecular flexibility index (Phi) is 6.61. The van der Waals surface area contributed by atoms with Gasteiger partial charge in [-0.15, -0.1) is 11.3 Å². The summed E-state index contributed by atoms with van der Waals surface area (Å²) >= 11 is 7.24. The maximum absolute atomic E-state index is 13.2. The molecule has 0 radical (unpaired) electrons. The monoisotopic (exact) mass is 431 g/mol. The zero-order valence-corrected chi connectivity index (χ0v) is 17.5. The molecule has 150 valence electrons. The van der Waals surface area contributed by atoms with Crippen LogP contribution < -0.4 is 10.6 Å². The van der Waals surface area contributed by atoms with Gasteiger partial charge in [0.25, 0.3) is 0 Å². The van der Waals surface area contributed by atoms with Gasteiger partial charge < -0.3 is 10.6 Å². The summed E-state index contributed by atoms with van der Waals surface area (Å²) in [5.41, 5.74) is 3.39. The summed E-state index contributed by atoms with van der Waals surface area (Å²) in [6, 6.07) is 11.8. The molecule has 29 heavy (non-hydrogen) atoms. The number of aromatic nitrogens is 1. The van der Waals surface area contributed by atoms with Crippen LogP contribution in [0.3, 0.4) is 0 Å². The van der Waals surface area contributed by atoms with E-state index < -0.39 is 17.6 Å². The van der Waals surface area contributed by atoms with Gasteiger partial charge in [0.2, 0.25) is 0 Å². The van der Waals surface area contributed by atoms with Crippen LogP contribution in [-0.4, -0.2) is 23.3 Å². The van der Waals surface area contributed by atoms with Gasteiger partial charge in [-0.2, -0.15) is 0 Å². The van der Waals surface area contributed by atoms with E-state index in [1.165, 1.54) is 17.7 Å². The lowest BCUT2D eigenvalue weighted by Crippen LogP contribution is -2.36. The first-order valence-electron chi connectivity index (χ1n) is 8.91. The third kappa shape index (κ3) is 5.40. The van der Waals surface area contributed by atoms with Gasteiger partial charge in [0, 0.05) is 29.1 Å². The highest BCUT2D eigenvalue weighted by atomic mass is 35.5. The molecule has 0 fully saturated rings. The van der Waals surface area contributed by atoms with Crippen LogP contribution in [0, 0.1) is 19.7 Å². The van der Waals surface area contributed by atoms with Crippen LogP contribution in [0.1, 0.15) is 16.1 Å². The van der Waals surface area contributed by atoms with E-state index >= 15 is 0 Å². The number of amides is 2. The Morgan fingerprint density at radius 1 is 1.10 bits per heavy atom. The molecule has 3 aromatic rings. The largest absolute Gasteiger partial charge is 0.347 e. The predicted octanol–water partition coefficient (Wildman–Crippen LogP) is 4.52. The lowest BCUT2D eigenvalue weighted by Gasteiger charge is -2.07. The van der Waals surface area contributed by atoms with Crippen LogP contribution in [-0.2, 0) is 16.0 Å². The maximum Gasteiger partial charge on any atom is 0.313 e. The summed E-state index contributed by atoms with van der Waals surface area (Å²) in [5.74, 6) is -2.21. The molecule has 0 saturated carbocycles. The molecule has 0 spiro atoms. The molecule has 2 aromatic carbocycles. The second-order valence-corrected chi connectivity index (χ2v) is 7.97. The van der Waals surface area contributed by atoms with Crippen LogP contribution in [0.15, 0.2) is 42.5 Å². The third-order valence-electron chi connectivity index (χ3n) is 4.21. The summed E-state index contributed by atoms with van der Waals surface area (Å²) in [6.45, 7) is 4.26. The SMILES string of the molecule is Cc1ccc(-c2nc(C)c(CCNC(=O)C(=O)Nc3ccc(F)c(Cl)c3)s2)cc1. The Bertz CT molecular complexity index is 1050. The van der Waals surface area contributed by atoms with Crippen molar-refractivity contribution in [3.63, 3.8) is 0 Å². The minimum atomic E-state index is -0.839. The fourth-order valence-electron chi connectivity index (χ4n) is 2.61. The summed E-state index contributed by atoms with van der Waals surface area (Å²) < 4.78 is 13.2. The van der Waals surface area contributed by atoms with Crippen LogP contribution in [0.2, 0.25) is 5.02 Å². The van der Waals surface area contributed by atoms with Crippen LogP contribution in [0.5, 0.6) is 0 Å². The molecule has 0 saturated heterocycles. The van der Waals surface area contributed by atoms with E-state index in [0.29, 0.717) is 13.0 Å². The smallest absolute Gasteiger partial charge is 0.313 e. The first-order valence-corrected chi connectivity index (χ1v) is 10.1. The minimum absolute atomic E-state index is 0.131. The van der Waals surface area contributed by atoms with Gasteiger partial charge >= 0.3 is 11.8 Å². The van der Waals surface area contributed by atoms with E-state index in [2.05, 4.69) is 15.6 Å². The van der Waals surface area contributed by atoms with Gasteiger partial charge in [-0.3, -0.25) is 9.59 Å². The standard InChI is InChI=1S/C21H19ClFN3O2S/c1-12-3-5-14(6-4-12)21-25-13(2)18(29-21)9-10-24-19(27)20(28)26-15-7-8-17(23)16(22)11-15/h3-8,11H,9-10H2,1-2H3,(H,24,27)(H,26,28). The van der Waals surface area contributed by atoms with Crippen molar-refractivity contribution >= 4 is 40.4 Å². The quantitative estimate of drug-likeness (QED) is 0.583. The number of nitrogens with one attached hydrogen (secondary N) is 2. The number of benzene rings is 2. The van der Waals surface area contributed by atoms with E-state index in [9.17, 15) is 14.0 Å². The molecule has 3 rings (SSSR count). The molecule has 1 aromatic heterocycles. The van der Waals surface area contributed by atoms with Crippen molar-refractivity contribution in [2.24, 2.45) is 0 Å². The van der Waals surface area contributed by atoms with Gasteiger partial charge in [-0.05, 0) is 32.0 Å². The Labute approximate surface area is 176 Å². The van der Waals surface area contributed by atoms with E-state index in [0.717, 1.165) is 27.2 Å². The first-order chi connectivity index (χ1) is 13.8. The van der Waals surface area contributed by atoms with Crippen molar-refractivity contribution in [3.8, 4) is 10.6 Å². The second-order valence-electron chi connectivity index (χ2n) is 6.48. The van der Waals surface area contributed by atoms with Crippen molar-refractivity contribution < 1.29 is 14.0 Å². The molecule has 5 nitrogen and oxygen atoms in total. The summed E-state index contributed by atoms with van der Waals surface area (Å²) in [4.78, 5) is 29.6. The minimum Gasteiger partial charge on any atom is -0.347 e. The van der Waals surface area contributed by atoms with Crippen molar-refractivity contribution in [3.05, 3.63) is 69.4 Å². The van der Waals surface area contributed by atoms with Crippen molar-refractivity contribution in [1.82, 2.24) is 10.3 Å². The third-order valence-corrected chi connectivity index (χ3v) is 5.77. The second kappa shape index (κ2) is 9.15. The van der Waals surface area contributed by atoms with Crippen molar-refractivity contribution in [2.45, 2.75) is 20.3 Å². The summed E-state index contributed by atoms with van der Waals surface area (Å²) in [5, 5.41) is 5.76. The lowest BCUT2D eigenvalue weighted by molar-refractivity contribution is -0.136. The predicted molar refractivity (Wildman–Crippen MR) is 114 cm³/mol. The molecule has 0 unspecified atom stereocenters. The number of hydrogen-bond acceptors (Lipinski definition) is 4. The molecular weight excluding hydrogens is 413 g/mol. The lowest BCUT2D eigenvalue weighted by atomic mass is 10.2. The molecule has 0 atom stereocenters. The zero-order chi connectivity index (χ0) is 21.0. The number of halogens is 2. The molecule has 0 bridgehead atoms. The molecule has 8 heteroatoms. The molecule has 2 N–H and O–H groups in total. The van der Waals surface area contributed by atoms with Gasteiger partial charge in [0.1, 0.15) is 10.8 Å². The topological polar surface area (TPSA) is 71.1 Å². The highest BCUT2D eigenvalue weighted by molar-refractivity contribution is 7.15. The average molecular weight is 432 g/mol. The normalized spacial score (nSPS) is 10.6. The zero-order valence-electron chi connectivity index (χ0n) is 15.9. The van der Waals surface area contributed by atoms with E-state index in [4.69, 9.17) is 11.6 Å². The number of carbonyl (C=O) groups is 2. The van der Waals surface area contributed by atoms with Gasteiger partial charge in [0.15, 0.2) is 0 Å². The van der Waals surface area contributed by atoms with Crippen molar-refractivity contribution in [1.29, 1.82) is 0 Å². The number of anilines is 1. The van der Waals surface area contributed by atoms with E-state index in [-0.39, 0.29) is 10.7 Å². The van der Waals surface area contributed by atoms with Crippen molar-refractivity contribution in [2.75, 3.05) is 11.9 Å². The summed E-state index contributed by atoms with van der Waals surface area (Å²) in [6.07, 6.45) is 0.566. The van der Waals surface area contributed by atoms with Gasteiger partial charge in [0.05, 0.1) is 10.7 Å². The Morgan fingerprint density at radius 3 is 2.52 bits per heavy atom. The molecule has 0 aliphatic rings. The van der Waals surface area contributed by atoms with Gasteiger partial charge in [-0.1, -0.05) is 41.4 Å². The number of nitrogens with zero attached hydrogens (tertiary/aromatic N) is 1. The first kappa shape index (κ1) is 21.0. The Balaban J connectivity index is 1.54. The molecule has 1 heterocycles. The molecule has 0 aliphatic carbocycles. The fraction of sp³-hybridized carbons (Fsp3) is 0.190. The highest BCUT2D eigenvalue weighted by Crippen LogP contribution is 2.28. The summed E-state index contributed by atoms with van der Waals surface area (Å²) in [7, 11) is 0. The molecule has 2 amide bonds. The average Bonchev–Trinajstić information content (AvgIpc) is 3.06. The Hall–Kier alpha value is -2.77. The molecule has 0 aliphatic heterocycles. The highest BCUT2D eigenvalue weighted by Gasteiger charge is 2.15. The number of thiazole rings is 1. The number of hydrogen-bond donors (Lipinski definition) is 2. The van der Waals surface area contributed by atoms with Gasteiger partial charge in [-0.25, -0.2) is 9.37 Å². The van der Waals surface area contributed by atoms with Crippen LogP contribution in [0.4, 0.5) is 10.1 Å². The fourth-order valence-corrected chi connectivity index (χ4v) is 3.86. The number of carbonyl (C=O) groups excluding carboxylic acids is 2. The molecular formula is C21H19ClFN3O2S. The van der Waals surface area contributed by atoms with Crippen LogP contribution >= 0.6 is 22.9 Å². The van der Waals surface area contributed by atoms with E-state index in [1.807, 2.05) is 38.1 Å².